The highest BCUT2D eigenvalue weighted by atomic mass is 16.7. The zero-order valence-electron chi connectivity index (χ0n) is 15.6. The van der Waals surface area contributed by atoms with Crippen molar-refractivity contribution in [2.45, 2.75) is 44.6 Å². The van der Waals surface area contributed by atoms with E-state index in [2.05, 4.69) is 24.3 Å². The Balaban J connectivity index is 1.42. The Morgan fingerprint density at radius 3 is 2.63 bits per heavy atom. The fourth-order valence-electron chi connectivity index (χ4n) is 3.93. The third-order valence-electron chi connectivity index (χ3n) is 5.41. The summed E-state index contributed by atoms with van der Waals surface area (Å²) in [7, 11) is 0. The highest BCUT2D eigenvalue weighted by molar-refractivity contribution is 5.77. The highest BCUT2D eigenvalue weighted by Gasteiger charge is 2.25. The van der Waals surface area contributed by atoms with Crippen molar-refractivity contribution in [3.05, 3.63) is 89.0 Å². The zero-order valence-corrected chi connectivity index (χ0v) is 15.6. The van der Waals surface area contributed by atoms with Gasteiger partial charge in [0.25, 0.3) is 0 Å². The molecule has 0 saturated heterocycles. The molecule has 0 spiro atoms. The summed E-state index contributed by atoms with van der Waals surface area (Å²) in [6.07, 6.45) is 6.82. The fourth-order valence-corrected chi connectivity index (χ4v) is 3.93. The first-order chi connectivity index (χ1) is 13.2. The number of rotatable bonds is 3. The van der Waals surface area contributed by atoms with Gasteiger partial charge in [-0.15, -0.1) is 0 Å². The molecule has 0 radical (unpaired) electrons. The van der Waals surface area contributed by atoms with Gasteiger partial charge < -0.3 is 9.47 Å². The molecule has 2 aromatic carbocycles. The van der Waals surface area contributed by atoms with Crippen LogP contribution < -0.4 is 0 Å². The quantitative estimate of drug-likeness (QED) is 0.496. The lowest BCUT2D eigenvalue weighted by Gasteiger charge is -2.26. The first-order valence-corrected chi connectivity index (χ1v) is 9.59. The summed E-state index contributed by atoms with van der Waals surface area (Å²) in [6, 6.07) is 18.5. The van der Waals surface area contributed by atoms with Gasteiger partial charge in [0.15, 0.2) is 0 Å². The van der Waals surface area contributed by atoms with E-state index in [0.717, 1.165) is 36.8 Å². The molecule has 0 heterocycles. The van der Waals surface area contributed by atoms with E-state index in [4.69, 9.17) is 9.47 Å². The number of hydrogen-bond acceptors (Lipinski definition) is 3. The maximum atomic E-state index is 12.5. The minimum atomic E-state index is -0.621. The Hall–Kier alpha value is -2.81. The van der Waals surface area contributed by atoms with Crippen LogP contribution in [0.25, 0.3) is 5.76 Å². The third kappa shape index (κ3) is 3.97. The molecule has 27 heavy (non-hydrogen) atoms. The molecule has 0 unspecified atom stereocenters. The van der Waals surface area contributed by atoms with Crippen molar-refractivity contribution < 1.29 is 14.3 Å². The number of carbonyl (C=O) groups excluding carboxylic acids is 1. The van der Waals surface area contributed by atoms with Gasteiger partial charge in [-0.2, -0.15) is 0 Å². The van der Waals surface area contributed by atoms with Gasteiger partial charge in [-0.05, 0) is 61.3 Å². The van der Waals surface area contributed by atoms with Crippen molar-refractivity contribution in [1.29, 1.82) is 0 Å². The van der Waals surface area contributed by atoms with E-state index in [-0.39, 0.29) is 6.10 Å². The number of allylic oxidation sites excluding steroid dienone is 2. The van der Waals surface area contributed by atoms with E-state index in [0.29, 0.717) is 11.7 Å². The normalized spacial score (nSPS) is 21.5. The molecule has 0 N–H and O–H groups in total. The fraction of sp³-hybridized carbons (Fsp3) is 0.292. The Morgan fingerprint density at radius 1 is 1.00 bits per heavy atom. The maximum Gasteiger partial charge on any atom is 0.514 e. The second-order valence-corrected chi connectivity index (χ2v) is 7.28. The van der Waals surface area contributed by atoms with Crippen molar-refractivity contribution in [2.24, 2.45) is 0 Å². The van der Waals surface area contributed by atoms with Crippen LogP contribution in [0.4, 0.5) is 4.79 Å². The van der Waals surface area contributed by atoms with Crippen LogP contribution in [0.3, 0.4) is 0 Å². The van der Waals surface area contributed by atoms with Gasteiger partial charge in [0.05, 0.1) is 0 Å². The van der Waals surface area contributed by atoms with Crippen LogP contribution >= 0.6 is 0 Å². The van der Waals surface area contributed by atoms with Crippen molar-refractivity contribution in [1.82, 2.24) is 0 Å². The van der Waals surface area contributed by atoms with Crippen molar-refractivity contribution in [3.63, 3.8) is 0 Å². The average molecular weight is 360 g/mol. The summed E-state index contributed by atoms with van der Waals surface area (Å²) < 4.78 is 11.3. The predicted molar refractivity (Wildman–Crippen MR) is 106 cm³/mol. The van der Waals surface area contributed by atoms with Gasteiger partial charge in [0.2, 0.25) is 0 Å². The van der Waals surface area contributed by atoms with Crippen molar-refractivity contribution in [2.75, 3.05) is 0 Å². The number of ether oxygens (including phenoxy) is 2. The summed E-state index contributed by atoms with van der Waals surface area (Å²) in [5.74, 6) is 1.02. The summed E-state index contributed by atoms with van der Waals surface area (Å²) in [5.41, 5.74) is 4.59. The van der Waals surface area contributed by atoms with E-state index < -0.39 is 6.16 Å². The molecule has 4 rings (SSSR count). The molecule has 0 saturated carbocycles. The van der Waals surface area contributed by atoms with Gasteiger partial charge in [0.1, 0.15) is 11.9 Å². The lowest BCUT2D eigenvalue weighted by molar-refractivity contribution is 0.0607. The van der Waals surface area contributed by atoms with E-state index in [1.54, 1.807) is 0 Å². The van der Waals surface area contributed by atoms with E-state index in [1.165, 1.54) is 11.1 Å². The number of aryl methyl sites for hydroxylation is 1. The van der Waals surface area contributed by atoms with Crippen LogP contribution in [0.1, 0.15) is 48.8 Å². The van der Waals surface area contributed by atoms with E-state index in [1.807, 2.05) is 49.4 Å². The predicted octanol–water partition coefficient (Wildman–Crippen LogP) is 6.02. The van der Waals surface area contributed by atoms with E-state index in [9.17, 15) is 4.79 Å². The van der Waals surface area contributed by atoms with Gasteiger partial charge in [-0.25, -0.2) is 4.79 Å². The summed E-state index contributed by atoms with van der Waals surface area (Å²) in [6.45, 7) is 2.02. The Kier molecular flexibility index (Phi) is 5.10. The first-order valence-electron chi connectivity index (χ1n) is 9.59. The number of fused-ring (bicyclic) bond motifs is 1. The molecule has 0 aliphatic heterocycles. The van der Waals surface area contributed by atoms with Crippen LogP contribution in [-0.4, -0.2) is 12.3 Å². The zero-order chi connectivity index (χ0) is 18.6. The Bertz CT molecular complexity index is 880. The summed E-state index contributed by atoms with van der Waals surface area (Å²) in [5, 5.41) is 0. The molecule has 0 amide bonds. The molecule has 2 aliphatic carbocycles. The van der Waals surface area contributed by atoms with Gasteiger partial charge in [-0.3, -0.25) is 0 Å². The molecule has 0 fully saturated rings. The number of benzene rings is 2. The second-order valence-electron chi connectivity index (χ2n) is 7.28. The lowest BCUT2D eigenvalue weighted by atomic mass is 9.86. The van der Waals surface area contributed by atoms with Crippen molar-refractivity contribution in [3.8, 4) is 0 Å². The summed E-state index contributed by atoms with van der Waals surface area (Å²) in [4.78, 5) is 12.5. The molecule has 2 aromatic rings. The molecule has 2 atom stereocenters. The lowest BCUT2D eigenvalue weighted by Crippen LogP contribution is -2.22. The SMILES string of the molecule is CC1=C(OC(=O)O[C@@H]2C=CC[C@H](c3ccccc3)C2)c2ccccc2CC1. The second kappa shape index (κ2) is 7.83. The van der Waals surface area contributed by atoms with Gasteiger partial charge >= 0.3 is 6.16 Å². The highest BCUT2D eigenvalue weighted by Crippen LogP contribution is 2.33. The standard InChI is InChI=1S/C24H24O3/c1-17-14-15-19-10-5-6-13-22(19)23(17)27-24(25)26-21-12-7-11-20(16-21)18-8-3-2-4-9-18/h2-10,12-13,20-21H,11,14-16H2,1H3/t20-,21+/m0/s1. The summed E-state index contributed by atoms with van der Waals surface area (Å²) >= 11 is 0. The van der Waals surface area contributed by atoms with Gasteiger partial charge in [0, 0.05) is 5.56 Å². The van der Waals surface area contributed by atoms with Crippen LogP contribution in [-0.2, 0) is 15.9 Å². The van der Waals surface area contributed by atoms with Crippen LogP contribution in [0.5, 0.6) is 0 Å². The largest absolute Gasteiger partial charge is 0.514 e. The Morgan fingerprint density at radius 2 is 1.78 bits per heavy atom. The average Bonchev–Trinajstić information content (AvgIpc) is 2.71. The number of hydrogen-bond donors (Lipinski definition) is 0. The Labute approximate surface area is 160 Å². The van der Waals surface area contributed by atoms with Crippen LogP contribution in [0.15, 0.2) is 72.3 Å². The smallest absolute Gasteiger partial charge is 0.426 e. The molecule has 138 valence electrons. The van der Waals surface area contributed by atoms with Crippen LogP contribution in [0, 0.1) is 0 Å². The number of carbonyl (C=O) groups is 1. The van der Waals surface area contributed by atoms with Crippen LogP contribution in [0.2, 0.25) is 0 Å². The third-order valence-corrected chi connectivity index (χ3v) is 5.41. The minimum absolute atomic E-state index is 0.254. The molecule has 0 bridgehead atoms. The van der Waals surface area contributed by atoms with Gasteiger partial charge in [-0.1, -0.05) is 60.7 Å². The molecule has 0 aromatic heterocycles. The van der Waals surface area contributed by atoms with Crippen molar-refractivity contribution >= 4 is 11.9 Å². The molecule has 2 aliphatic rings. The monoisotopic (exact) mass is 360 g/mol. The topological polar surface area (TPSA) is 35.5 Å². The molecule has 3 nitrogen and oxygen atoms in total. The van der Waals surface area contributed by atoms with E-state index >= 15 is 0 Å². The minimum Gasteiger partial charge on any atom is -0.426 e. The molecular weight excluding hydrogens is 336 g/mol. The molecule has 3 heteroatoms. The molecular formula is C24H24O3. The first kappa shape index (κ1) is 17.6. The maximum absolute atomic E-state index is 12.5.